The van der Waals surface area contributed by atoms with Crippen molar-refractivity contribution >= 4 is 17.4 Å². The third-order valence-corrected chi connectivity index (χ3v) is 5.50. The van der Waals surface area contributed by atoms with E-state index >= 15 is 0 Å². The zero-order valence-corrected chi connectivity index (χ0v) is 16.6. The molecule has 0 radical (unpaired) electrons. The molecular weight excluding hydrogens is 332 g/mol. The van der Waals surface area contributed by atoms with E-state index in [0.717, 1.165) is 34.8 Å². The van der Waals surface area contributed by atoms with Crippen molar-refractivity contribution in [2.24, 2.45) is 0 Å². The number of urea groups is 1. The molecule has 25 heavy (non-hydrogen) atoms. The summed E-state index contributed by atoms with van der Waals surface area (Å²) in [6.07, 6.45) is 3.31. The van der Waals surface area contributed by atoms with Gasteiger partial charge in [-0.3, -0.25) is 4.98 Å². The number of carbonyl (C=O) groups excluding carboxylic acids is 1. The standard InChI is InChI=1S/C19H28N4OS/c1-13(2)18-22-16(12-25-18)8-10-21-19(24)23(5)15(4)11-17-14(3)7-6-9-20-17/h6-7,9,12-13,15H,8,10-11H2,1-5H3,(H,21,24)/t15-/m0/s1. The van der Waals surface area contributed by atoms with Crippen molar-refractivity contribution in [2.45, 2.75) is 52.5 Å². The quantitative estimate of drug-likeness (QED) is 0.817. The first-order valence-corrected chi connectivity index (χ1v) is 9.62. The van der Waals surface area contributed by atoms with Crippen LogP contribution in [-0.4, -0.2) is 40.5 Å². The molecule has 0 fully saturated rings. The van der Waals surface area contributed by atoms with Crippen molar-refractivity contribution in [3.05, 3.63) is 45.7 Å². The summed E-state index contributed by atoms with van der Waals surface area (Å²) in [7, 11) is 1.83. The Balaban J connectivity index is 1.80. The summed E-state index contributed by atoms with van der Waals surface area (Å²) in [6, 6.07) is 4.01. The zero-order chi connectivity index (χ0) is 18.4. The lowest BCUT2D eigenvalue weighted by Crippen LogP contribution is -2.44. The first-order valence-electron chi connectivity index (χ1n) is 8.74. The van der Waals surface area contributed by atoms with Gasteiger partial charge in [0, 0.05) is 55.7 Å². The number of aryl methyl sites for hydroxylation is 1. The fraction of sp³-hybridized carbons (Fsp3) is 0.526. The normalized spacial score (nSPS) is 12.2. The summed E-state index contributed by atoms with van der Waals surface area (Å²) in [5.74, 6) is 0.454. The van der Waals surface area contributed by atoms with Crippen molar-refractivity contribution in [1.29, 1.82) is 0 Å². The summed E-state index contributed by atoms with van der Waals surface area (Å²) in [5.41, 5.74) is 3.25. The third-order valence-electron chi connectivity index (χ3n) is 4.31. The molecule has 0 unspecified atom stereocenters. The van der Waals surface area contributed by atoms with Gasteiger partial charge in [-0.1, -0.05) is 19.9 Å². The molecule has 2 rings (SSSR count). The van der Waals surface area contributed by atoms with Gasteiger partial charge in [0.25, 0.3) is 0 Å². The third kappa shape index (κ3) is 5.53. The van der Waals surface area contributed by atoms with Crippen LogP contribution in [0.3, 0.4) is 0 Å². The summed E-state index contributed by atoms with van der Waals surface area (Å²) < 4.78 is 0. The van der Waals surface area contributed by atoms with Crippen LogP contribution in [-0.2, 0) is 12.8 Å². The minimum Gasteiger partial charge on any atom is -0.338 e. The van der Waals surface area contributed by atoms with Gasteiger partial charge in [0.1, 0.15) is 0 Å². The number of nitrogens with one attached hydrogen (secondary N) is 1. The lowest BCUT2D eigenvalue weighted by Gasteiger charge is -2.25. The summed E-state index contributed by atoms with van der Waals surface area (Å²) >= 11 is 1.69. The number of carbonyl (C=O) groups is 1. The number of likely N-dealkylation sites (N-methyl/N-ethyl adjacent to an activating group) is 1. The second-order valence-electron chi connectivity index (χ2n) is 6.74. The molecule has 0 aliphatic rings. The minimum atomic E-state index is -0.0552. The second-order valence-corrected chi connectivity index (χ2v) is 7.63. The van der Waals surface area contributed by atoms with E-state index in [-0.39, 0.29) is 12.1 Å². The van der Waals surface area contributed by atoms with Crippen LogP contribution in [0.15, 0.2) is 23.7 Å². The number of rotatable bonds is 7. The largest absolute Gasteiger partial charge is 0.338 e. The van der Waals surface area contributed by atoms with Crippen LogP contribution >= 0.6 is 11.3 Å². The molecule has 2 aromatic rings. The number of pyridine rings is 1. The fourth-order valence-corrected chi connectivity index (χ4v) is 3.34. The minimum absolute atomic E-state index is 0.0552. The molecule has 0 saturated carbocycles. The molecule has 0 aliphatic carbocycles. The Kier molecular flexibility index (Phi) is 6.93. The molecule has 1 N–H and O–H groups in total. The molecule has 1 atom stereocenters. The summed E-state index contributed by atoms with van der Waals surface area (Å²) in [6.45, 7) is 8.98. The number of hydrogen-bond donors (Lipinski definition) is 1. The molecule has 2 heterocycles. The van der Waals surface area contributed by atoms with Crippen molar-refractivity contribution in [2.75, 3.05) is 13.6 Å². The second kappa shape index (κ2) is 8.94. The first kappa shape index (κ1) is 19.4. The molecule has 0 bridgehead atoms. The average Bonchev–Trinajstić information content (AvgIpc) is 3.05. The van der Waals surface area contributed by atoms with Gasteiger partial charge in [-0.15, -0.1) is 11.3 Å². The summed E-state index contributed by atoms with van der Waals surface area (Å²) in [4.78, 5) is 23.1. The number of hydrogen-bond acceptors (Lipinski definition) is 4. The molecular formula is C19H28N4OS. The fourth-order valence-electron chi connectivity index (χ4n) is 2.47. The number of aromatic nitrogens is 2. The molecule has 136 valence electrons. The Hall–Kier alpha value is -1.95. The van der Waals surface area contributed by atoms with Crippen LogP contribution in [0.25, 0.3) is 0 Å². The Morgan fingerprint density at radius 2 is 2.12 bits per heavy atom. The lowest BCUT2D eigenvalue weighted by atomic mass is 10.1. The lowest BCUT2D eigenvalue weighted by molar-refractivity contribution is 0.193. The van der Waals surface area contributed by atoms with Gasteiger partial charge in [-0.25, -0.2) is 9.78 Å². The van der Waals surface area contributed by atoms with E-state index < -0.39 is 0 Å². The van der Waals surface area contributed by atoms with E-state index in [4.69, 9.17) is 0 Å². The molecule has 0 aliphatic heterocycles. The highest BCUT2D eigenvalue weighted by atomic mass is 32.1. The summed E-state index contributed by atoms with van der Waals surface area (Å²) in [5, 5.41) is 6.21. The number of amides is 2. The van der Waals surface area contributed by atoms with E-state index in [2.05, 4.69) is 34.5 Å². The molecule has 6 heteroatoms. The van der Waals surface area contributed by atoms with Gasteiger partial charge in [0.05, 0.1) is 10.7 Å². The molecule has 2 aromatic heterocycles. The predicted octanol–water partition coefficient (Wildman–Crippen LogP) is 3.79. The maximum atomic E-state index is 12.3. The highest BCUT2D eigenvalue weighted by Crippen LogP contribution is 2.19. The monoisotopic (exact) mass is 360 g/mol. The van der Waals surface area contributed by atoms with Crippen LogP contribution in [0, 0.1) is 6.92 Å². The Labute approximate surface area is 154 Å². The van der Waals surface area contributed by atoms with Crippen LogP contribution in [0.4, 0.5) is 4.79 Å². The van der Waals surface area contributed by atoms with Gasteiger partial charge in [0.15, 0.2) is 0 Å². The maximum absolute atomic E-state index is 12.3. The Morgan fingerprint density at radius 3 is 2.76 bits per heavy atom. The van der Waals surface area contributed by atoms with Crippen molar-refractivity contribution in [3.8, 4) is 0 Å². The molecule has 0 saturated heterocycles. The van der Waals surface area contributed by atoms with Gasteiger partial charge in [-0.05, 0) is 25.5 Å². The Morgan fingerprint density at radius 1 is 1.36 bits per heavy atom. The first-order chi connectivity index (χ1) is 11.9. The molecule has 0 spiro atoms. The highest BCUT2D eigenvalue weighted by molar-refractivity contribution is 7.09. The van der Waals surface area contributed by atoms with Crippen molar-refractivity contribution in [3.63, 3.8) is 0 Å². The molecule has 2 amide bonds. The van der Waals surface area contributed by atoms with Crippen molar-refractivity contribution in [1.82, 2.24) is 20.2 Å². The smallest absolute Gasteiger partial charge is 0.317 e. The van der Waals surface area contributed by atoms with Crippen LogP contribution in [0.1, 0.15) is 48.6 Å². The van der Waals surface area contributed by atoms with Gasteiger partial charge < -0.3 is 10.2 Å². The SMILES string of the molecule is Cc1cccnc1C[C@H](C)N(C)C(=O)NCCc1csc(C(C)C)n1. The molecule has 5 nitrogen and oxygen atoms in total. The van der Waals surface area contributed by atoms with E-state index in [9.17, 15) is 4.79 Å². The number of nitrogens with zero attached hydrogens (tertiary/aromatic N) is 3. The van der Waals surface area contributed by atoms with Gasteiger partial charge in [0.2, 0.25) is 0 Å². The Bertz CT molecular complexity index is 698. The zero-order valence-electron chi connectivity index (χ0n) is 15.7. The highest BCUT2D eigenvalue weighted by Gasteiger charge is 2.17. The van der Waals surface area contributed by atoms with Gasteiger partial charge >= 0.3 is 6.03 Å². The molecule has 0 aromatic carbocycles. The maximum Gasteiger partial charge on any atom is 0.317 e. The number of thiazole rings is 1. The van der Waals surface area contributed by atoms with Crippen LogP contribution in [0.2, 0.25) is 0 Å². The van der Waals surface area contributed by atoms with E-state index in [1.54, 1.807) is 22.4 Å². The predicted molar refractivity (Wildman–Crippen MR) is 103 cm³/mol. The average molecular weight is 361 g/mol. The van der Waals surface area contributed by atoms with Crippen LogP contribution < -0.4 is 5.32 Å². The van der Waals surface area contributed by atoms with E-state index in [0.29, 0.717) is 12.5 Å². The van der Waals surface area contributed by atoms with Gasteiger partial charge in [-0.2, -0.15) is 0 Å². The van der Waals surface area contributed by atoms with E-state index in [1.165, 1.54) is 0 Å². The topological polar surface area (TPSA) is 58.1 Å². The van der Waals surface area contributed by atoms with E-state index in [1.807, 2.05) is 33.0 Å². The van der Waals surface area contributed by atoms with Crippen LogP contribution in [0.5, 0.6) is 0 Å². The van der Waals surface area contributed by atoms with Crippen molar-refractivity contribution < 1.29 is 4.79 Å².